The minimum Gasteiger partial charge on any atom is -0.282 e. The van der Waals surface area contributed by atoms with Gasteiger partial charge in [-0.25, -0.2) is 0 Å². The van der Waals surface area contributed by atoms with Crippen LogP contribution < -0.4 is 0 Å². The van der Waals surface area contributed by atoms with Crippen molar-refractivity contribution in [3.05, 3.63) is 29.8 Å². The van der Waals surface area contributed by atoms with Gasteiger partial charge >= 0.3 is 0 Å². The maximum atomic E-state index is 10.9. The Morgan fingerprint density at radius 2 is 1.76 bits per heavy atom. The second-order valence-corrected chi connectivity index (χ2v) is 6.59. The van der Waals surface area contributed by atoms with Gasteiger partial charge < -0.3 is 0 Å². The quantitative estimate of drug-likeness (QED) is 0.843. The molecule has 0 radical (unpaired) electrons. The fourth-order valence-corrected chi connectivity index (χ4v) is 3.07. The molecule has 1 aromatic carbocycles. The fraction of sp³-hybridized carbons (Fsp3) is 0.538. The Morgan fingerprint density at radius 1 is 1.24 bits per heavy atom. The average molecular weight is 254 g/mol. The maximum Gasteiger partial charge on any atom is 0.294 e. The molecule has 1 fully saturated rings. The van der Waals surface area contributed by atoms with Crippen molar-refractivity contribution in [1.29, 1.82) is 0 Å². The highest BCUT2D eigenvalue weighted by Crippen LogP contribution is 2.42. The van der Waals surface area contributed by atoms with Crippen molar-refractivity contribution < 1.29 is 13.0 Å². The van der Waals surface area contributed by atoms with Gasteiger partial charge in [-0.3, -0.25) is 4.55 Å². The molecule has 0 aromatic heterocycles. The summed E-state index contributed by atoms with van der Waals surface area (Å²) < 4.78 is 30.7. The molecular formula is C13H18O3S. The van der Waals surface area contributed by atoms with Crippen LogP contribution in [0, 0.1) is 11.8 Å². The first-order chi connectivity index (χ1) is 7.88. The van der Waals surface area contributed by atoms with Crippen molar-refractivity contribution in [2.75, 3.05) is 0 Å². The van der Waals surface area contributed by atoms with Gasteiger partial charge in [0.15, 0.2) is 0 Å². The molecule has 0 bridgehead atoms. The monoisotopic (exact) mass is 254 g/mol. The van der Waals surface area contributed by atoms with Crippen LogP contribution in [0.1, 0.15) is 38.2 Å². The van der Waals surface area contributed by atoms with Gasteiger partial charge in [-0.2, -0.15) is 8.42 Å². The molecule has 1 saturated carbocycles. The molecule has 2 rings (SSSR count). The van der Waals surface area contributed by atoms with Gasteiger partial charge in [-0.05, 0) is 48.3 Å². The third kappa shape index (κ3) is 2.69. The number of rotatable bonds is 3. The van der Waals surface area contributed by atoms with Crippen LogP contribution in [0.15, 0.2) is 29.2 Å². The lowest BCUT2D eigenvalue weighted by atomic mass is 9.68. The van der Waals surface area contributed by atoms with Gasteiger partial charge in [-0.1, -0.05) is 26.0 Å². The van der Waals surface area contributed by atoms with E-state index in [1.807, 2.05) is 0 Å². The van der Waals surface area contributed by atoms with Crippen LogP contribution in [0.5, 0.6) is 0 Å². The van der Waals surface area contributed by atoms with E-state index in [0.717, 1.165) is 11.5 Å². The zero-order valence-electron chi connectivity index (χ0n) is 10.1. The van der Waals surface area contributed by atoms with E-state index in [1.54, 1.807) is 12.1 Å². The van der Waals surface area contributed by atoms with Crippen LogP contribution in [-0.4, -0.2) is 13.0 Å². The number of hydrogen-bond donors (Lipinski definition) is 1. The zero-order valence-corrected chi connectivity index (χ0v) is 10.9. The summed E-state index contributed by atoms with van der Waals surface area (Å²) >= 11 is 0. The molecule has 17 heavy (non-hydrogen) atoms. The molecule has 94 valence electrons. The van der Waals surface area contributed by atoms with E-state index in [9.17, 15) is 8.42 Å². The Hall–Kier alpha value is -0.870. The van der Waals surface area contributed by atoms with Gasteiger partial charge in [-0.15, -0.1) is 0 Å². The van der Waals surface area contributed by atoms with Crippen LogP contribution in [0.4, 0.5) is 0 Å². The van der Waals surface area contributed by atoms with Crippen LogP contribution >= 0.6 is 0 Å². The Morgan fingerprint density at radius 3 is 2.18 bits per heavy atom. The predicted octanol–water partition coefficient (Wildman–Crippen LogP) is 3.08. The number of benzene rings is 1. The lowest BCUT2D eigenvalue weighted by molar-refractivity contribution is 0.183. The van der Waals surface area contributed by atoms with E-state index < -0.39 is 10.1 Å². The summed E-state index contributed by atoms with van der Waals surface area (Å²) in [4.78, 5) is -0.0320. The molecule has 3 nitrogen and oxygen atoms in total. The van der Waals surface area contributed by atoms with Crippen LogP contribution in [0.25, 0.3) is 0 Å². The summed E-state index contributed by atoms with van der Waals surface area (Å²) in [5.41, 5.74) is 1.15. The highest BCUT2D eigenvalue weighted by molar-refractivity contribution is 7.85. The minimum atomic E-state index is -4.07. The first-order valence-electron chi connectivity index (χ1n) is 5.95. The smallest absolute Gasteiger partial charge is 0.282 e. The van der Waals surface area contributed by atoms with Crippen molar-refractivity contribution in [3.8, 4) is 0 Å². The summed E-state index contributed by atoms with van der Waals surface area (Å²) in [7, 11) is -4.07. The summed E-state index contributed by atoms with van der Waals surface area (Å²) in [6.45, 7) is 4.43. The first kappa shape index (κ1) is 12.6. The number of hydrogen-bond acceptors (Lipinski definition) is 2. The summed E-state index contributed by atoms with van der Waals surface area (Å²) in [6, 6.07) is 6.56. The third-order valence-corrected chi connectivity index (χ3v) is 4.69. The zero-order chi connectivity index (χ0) is 12.6. The van der Waals surface area contributed by atoms with E-state index in [2.05, 4.69) is 13.8 Å². The second-order valence-electron chi connectivity index (χ2n) is 5.17. The van der Waals surface area contributed by atoms with Crippen LogP contribution in [-0.2, 0) is 10.1 Å². The highest BCUT2D eigenvalue weighted by atomic mass is 32.2. The lowest BCUT2D eigenvalue weighted by Gasteiger charge is -2.37. The van der Waals surface area contributed by atoms with Gasteiger partial charge in [0.2, 0.25) is 0 Å². The Balaban J connectivity index is 2.13. The van der Waals surface area contributed by atoms with Crippen molar-refractivity contribution in [2.24, 2.45) is 11.8 Å². The SMILES string of the molecule is CC1CC(C(C)c2ccc(S(=O)(=O)O)cc2)C1. The normalized spacial score (nSPS) is 26.3. The molecule has 1 atom stereocenters. The molecule has 0 heterocycles. The van der Waals surface area contributed by atoms with E-state index in [4.69, 9.17) is 4.55 Å². The van der Waals surface area contributed by atoms with Gasteiger partial charge in [0.05, 0.1) is 4.90 Å². The van der Waals surface area contributed by atoms with Crippen molar-refractivity contribution in [3.63, 3.8) is 0 Å². The largest absolute Gasteiger partial charge is 0.294 e. The highest BCUT2D eigenvalue weighted by Gasteiger charge is 2.30. The average Bonchev–Trinajstić information content (AvgIpc) is 2.23. The van der Waals surface area contributed by atoms with Crippen molar-refractivity contribution in [2.45, 2.75) is 37.5 Å². The molecule has 0 saturated heterocycles. The molecule has 1 N–H and O–H groups in total. The fourth-order valence-electron chi connectivity index (χ4n) is 2.59. The molecule has 1 aliphatic rings. The van der Waals surface area contributed by atoms with Gasteiger partial charge in [0.25, 0.3) is 10.1 Å². The molecular weight excluding hydrogens is 236 g/mol. The molecule has 0 aliphatic heterocycles. The molecule has 1 unspecified atom stereocenters. The molecule has 4 heteroatoms. The minimum absolute atomic E-state index is 0.0320. The topological polar surface area (TPSA) is 54.4 Å². The summed E-state index contributed by atoms with van der Waals surface area (Å²) in [6.07, 6.45) is 2.50. The van der Waals surface area contributed by atoms with E-state index in [-0.39, 0.29) is 4.90 Å². The van der Waals surface area contributed by atoms with Gasteiger partial charge in [0.1, 0.15) is 0 Å². The predicted molar refractivity (Wildman–Crippen MR) is 66.6 cm³/mol. The second kappa shape index (κ2) is 4.42. The molecule has 0 amide bonds. The standard InChI is InChI=1S/C13H18O3S/c1-9-7-12(8-9)10(2)11-3-5-13(6-4-11)17(14,15)16/h3-6,9-10,12H,7-8H2,1-2H3,(H,14,15,16). The first-order valence-corrected chi connectivity index (χ1v) is 7.39. The van der Waals surface area contributed by atoms with E-state index >= 15 is 0 Å². The van der Waals surface area contributed by atoms with Crippen molar-refractivity contribution in [1.82, 2.24) is 0 Å². The molecule has 1 aliphatic carbocycles. The lowest BCUT2D eigenvalue weighted by Crippen LogP contribution is -2.25. The van der Waals surface area contributed by atoms with Gasteiger partial charge in [0, 0.05) is 0 Å². The molecule has 1 aromatic rings. The maximum absolute atomic E-state index is 10.9. The third-order valence-electron chi connectivity index (χ3n) is 3.82. The van der Waals surface area contributed by atoms with E-state index in [0.29, 0.717) is 11.8 Å². The van der Waals surface area contributed by atoms with Crippen LogP contribution in [0.2, 0.25) is 0 Å². The van der Waals surface area contributed by atoms with E-state index in [1.165, 1.54) is 25.0 Å². The Kier molecular flexibility index (Phi) is 3.27. The Labute approximate surface area is 103 Å². The summed E-state index contributed by atoms with van der Waals surface area (Å²) in [5.74, 6) is 1.99. The van der Waals surface area contributed by atoms with Crippen LogP contribution in [0.3, 0.4) is 0 Å². The van der Waals surface area contributed by atoms with Crippen molar-refractivity contribution >= 4 is 10.1 Å². The molecule has 0 spiro atoms. The Bertz CT molecular complexity index is 484. The summed E-state index contributed by atoms with van der Waals surface area (Å²) in [5, 5.41) is 0.